The Hall–Kier alpha value is -2.23. The lowest BCUT2D eigenvalue weighted by Gasteiger charge is -2.15. The third kappa shape index (κ3) is 4.14. The number of hydrogen-bond acceptors (Lipinski definition) is 6. The summed E-state index contributed by atoms with van der Waals surface area (Å²) >= 11 is 1.39. The van der Waals surface area contributed by atoms with Gasteiger partial charge in [-0.15, -0.1) is 11.3 Å². The summed E-state index contributed by atoms with van der Waals surface area (Å²) in [5.74, 6) is 0.559. The van der Waals surface area contributed by atoms with Gasteiger partial charge in [0, 0.05) is 38.8 Å². The first-order chi connectivity index (χ1) is 14.2. The second-order valence-electron chi connectivity index (χ2n) is 8.90. The van der Waals surface area contributed by atoms with Crippen molar-refractivity contribution >= 4 is 35.3 Å². The minimum atomic E-state index is -1.12. The van der Waals surface area contributed by atoms with Crippen molar-refractivity contribution in [1.29, 1.82) is 0 Å². The third-order valence-electron chi connectivity index (χ3n) is 5.20. The van der Waals surface area contributed by atoms with Crippen molar-refractivity contribution in [2.75, 3.05) is 13.2 Å². The Labute approximate surface area is 180 Å². The van der Waals surface area contributed by atoms with E-state index in [1.54, 1.807) is 10.9 Å². The summed E-state index contributed by atoms with van der Waals surface area (Å²) in [6.45, 7) is 10.1. The maximum Gasteiger partial charge on any atom is 0.266 e. The molecule has 9 heteroatoms. The van der Waals surface area contributed by atoms with E-state index in [9.17, 15) is 9.59 Å². The van der Waals surface area contributed by atoms with Crippen molar-refractivity contribution in [2.24, 2.45) is 0 Å². The van der Waals surface area contributed by atoms with Gasteiger partial charge in [0.15, 0.2) is 5.78 Å². The van der Waals surface area contributed by atoms with E-state index in [-0.39, 0.29) is 11.3 Å². The SMILES string of the molecule is CC(=O)c1[nH]c(=O)c2sc(-c3cnn(COCC[Si](C)(C)C)c3)c3c2c1CCCO3. The van der Waals surface area contributed by atoms with Crippen LogP contribution >= 0.6 is 11.3 Å². The molecule has 0 spiro atoms. The smallest absolute Gasteiger partial charge is 0.266 e. The molecule has 0 fully saturated rings. The number of thiophene rings is 1. The molecule has 30 heavy (non-hydrogen) atoms. The Morgan fingerprint density at radius 3 is 2.93 bits per heavy atom. The summed E-state index contributed by atoms with van der Waals surface area (Å²) in [4.78, 5) is 28.4. The molecule has 1 aliphatic rings. The molecule has 4 heterocycles. The summed E-state index contributed by atoms with van der Waals surface area (Å²) < 4.78 is 14.2. The number of hydrogen-bond donors (Lipinski definition) is 1. The lowest BCUT2D eigenvalue weighted by atomic mass is 10.0. The van der Waals surface area contributed by atoms with E-state index in [4.69, 9.17) is 9.47 Å². The Balaban J connectivity index is 1.68. The van der Waals surface area contributed by atoms with Gasteiger partial charge in [0.05, 0.1) is 23.4 Å². The van der Waals surface area contributed by atoms with Crippen molar-refractivity contribution in [1.82, 2.24) is 14.8 Å². The van der Waals surface area contributed by atoms with Gasteiger partial charge in [-0.2, -0.15) is 5.10 Å². The van der Waals surface area contributed by atoms with Gasteiger partial charge in [-0.3, -0.25) is 9.59 Å². The molecule has 7 nitrogen and oxygen atoms in total. The molecule has 4 rings (SSSR count). The summed E-state index contributed by atoms with van der Waals surface area (Å²) in [5.41, 5.74) is 1.92. The minimum absolute atomic E-state index is 0.132. The molecule has 0 aromatic carbocycles. The van der Waals surface area contributed by atoms with Crippen LogP contribution in [0.15, 0.2) is 17.2 Å². The van der Waals surface area contributed by atoms with Crippen LogP contribution in [0, 0.1) is 0 Å². The fraction of sp³-hybridized carbons (Fsp3) is 0.476. The Morgan fingerprint density at radius 1 is 1.40 bits per heavy atom. The number of pyridine rings is 1. The van der Waals surface area contributed by atoms with Gasteiger partial charge in [0.25, 0.3) is 5.56 Å². The number of rotatable bonds is 7. The van der Waals surface area contributed by atoms with Crippen LogP contribution in [0.3, 0.4) is 0 Å². The molecular weight excluding hydrogens is 418 g/mol. The molecular formula is C21H27N3O4SSi. The van der Waals surface area contributed by atoms with Gasteiger partial charge in [0.1, 0.15) is 17.2 Å². The molecule has 3 aromatic rings. The highest BCUT2D eigenvalue weighted by atomic mass is 32.1. The number of ketones is 1. The van der Waals surface area contributed by atoms with Crippen LogP contribution in [-0.4, -0.2) is 41.8 Å². The second kappa shape index (κ2) is 8.13. The van der Waals surface area contributed by atoms with Gasteiger partial charge >= 0.3 is 0 Å². The van der Waals surface area contributed by atoms with Crippen LogP contribution in [0.4, 0.5) is 0 Å². The van der Waals surface area contributed by atoms with E-state index in [0.29, 0.717) is 35.9 Å². The number of aromatic amines is 1. The van der Waals surface area contributed by atoms with E-state index >= 15 is 0 Å². The molecule has 0 unspecified atom stereocenters. The highest BCUT2D eigenvalue weighted by Crippen LogP contribution is 2.46. The largest absolute Gasteiger partial charge is 0.491 e. The Bertz CT molecular complexity index is 1160. The van der Waals surface area contributed by atoms with Crippen LogP contribution in [0.2, 0.25) is 25.7 Å². The van der Waals surface area contributed by atoms with E-state index in [2.05, 4.69) is 29.7 Å². The first-order valence-electron chi connectivity index (χ1n) is 10.2. The first kappa shape index (κ1) is 21.0. The third-order valence-corrected chi connectivity index (χ3v) is 8.12. The van der Waals surface area contributed by atoms with E-state index < -0.39 is 8.07 Å². The lowest BCUT2D eigenvalue weighted by molar-refractivity contribution is 0.0786. The second-order valence-corrected chi connectivity index (χ2v) is 15.5. The standard InChI is InChI=1S/C21H27N3O4SSi/c1-13(25)17-15-6-5-7-28-18-16(15)20(21(26)23-17)29-19(18)14-10-22-24(11-14)12-27-8-9-30(2,3)4/h10-11H,5-9,12H2,1-4H3,(H,23,26). The minimum Gasteiger partial charge on any atom is -0.491 e. The van der Waals surface area contributed by atoms with Crippen LogP contribution in [0.5, 0.6) is 5.75 Å². The average Bonchev–Trinajstić information content (AvgIpc) is 3.21. The molecule has 0 atom stereocenters. The molecule has 1 N–H and O–H groups in total. The highest BCUT2D eigenvalue weighted by molar-refractivity contribution is 7.22. The molecule has 0 amide bonds. The maximum absolute atomic E-state index is 12.7. The number of nitrogens with one attached hydrogen (secondary N) is 1. The zero-order valence-corrected chi connectivity index (χ0v) is 19.6. The predicted octanol–water partition coefficient (Wildman–Crippen LogP) is 4.29. The number of nitrogens with zero attached hydrogens (tertiary/aromatic N) is 2. The lowest BCUT2D eigenvalue weighted by Crippen LogP contribution is -2.22. The van der Waals surface area contributed by atoms with Crippen molar-refractivity contribution in [3.8, 4) is 16.2 Å². The van der Waals surface area contributed by atoms with Gasteiger partial charge in [0.2, 0.25) is 0 Å². The van der Waals surface area contributed by atoms with Crippen LogP contribution < -0.4 is 10.3 Å². The highest BCUT2D eigenvalue weighted by Gasteiger charge is 2.26. The Kier molecular flexibility index (Phi) is 5.69. The van der Waals surface area contributed by atoms with E-state index in [1.165, 1.54) is 18.3 Å². The fourth-order valence-corrected chi connectivity index (χ4v) is 5.51. The molecule has 3 aromatic heterocycles. The average molecular weight is 446 g/mol. The quantitative estimate of drug-likeness (QED) is 0.333. The molecule has 160 valence electrons. The predicted molar refractivity (Wildman–Crippen MR) is 122 cm³/mol. The van der Waals surface area contributed by atoms with E-state index in [0.717, 1.165) is 40.5 Å². The molecule has 1 aliphatic heterocycles. The van der Waals surface area contributed by atoms with E-state index in [1.807, 2.05) is 6.20 Å². The summed E-state index contributed by atoms with van der Waals surface area (Å²) in [5, 5.41) is 5.20. The van der Waals surface area contributed by atoms with Crippen molar-refractivity contribution in [3.63, 3.8) is 0 Å². The number of aromatic nitrogens is 3. The van der Waals surface area contributed by atoms with Crippen LogP contribution in [0.1, 0.15) is 29.4 Å². The normalized spacial score (nSPS) is 14.0. The zero-order valence-electron chi connectivity index (χ0n) is 17.8. The molecule has 0 saturated carbocycles. The van der Waals surface area contributed by atoms with Crippen molar-refractivity contribution < 1.29 is 14.3 Å². The first-order valence-corrected chi connectivity index (χ1v) is 14.7. The number of carbonyl (C=O) groups is 1. The van der Waals surface area contributed by atoms with Gasteiger partial charge in [-0.05, 0) is 24.4 Å². The molecule has 0 saturated heterocycles. The molecule has 0 bridgehead atoms. The van der Waals surface area contributed by atoms with Crippen molar-refractivity contribution in [3.05, 3.63) is 34.0 Å². The topological polar surface area (TPSA) is 86.2 Å². The van der Waals surface area contributed by atoms with Crippen LogP contribution in [-0.2, 0) is 17.9 Å². The molecule has 0 radical (unpaired) electrons. The number of H-pyrrole nitrogens is 1. The summed E-state index contributed by atoms with van der Waals surface area (Å²) in [6.07, 6.45) is 5.20. The number of carbonyl (C=O) groups excluding carboxylic acids is 1. The summed E-state index contributed by atoms with van der Waals surface area (Å²) in [6, 6.07) is 1.11. The van der Waals surface area contributed by atoms with Gasteiger partial charge < -0.3 is 14.5 Å². The van der Waals surface area contributed by atoms with Gasteiger partial charge in [-0.1, -0.05) is 19.6 Å². The van der Waals surface area contributed by atoms with Gasteiger partial charge in [-0.25, -0.2) is 4.68 Å². The number of aryl methyl sites for hydroxylation is 1. The van der Waals surface area contributed by atoms with Crippen LogP contribution in [0.25, 0.3) is 20.5 Å². The zero-order chi connectivity index (χ0) is 21.5. The number of ether oxygens (including phenoxy) is 2. The monoisotopic (exact) mass is 445 g/mol. The number of Topliss-reactive ketones (excluding diaryl/α,β-unsaturated/α-hetero) is 1. The maximum atomic E-state index is 12.7. The summed E-state index contributed by atoms with van der Waals surface area (Å²) in [7, 11) is -1.12. The molecule has 0 aliphatic carbocycles. The Morgan fingerprint density at radius 2 is 2.20 bits per heavy atom. The fourth-order valence-electron chi connectivity index (χ4n) is 3.61. The van der Waals surface area contributed by atoms with Crippen molar-refractivity contribution in [2.45, 2.75) is 52.2 Å².